The maximum Gasteiger partial charge on any atom is 0.245 e. The van der Waals surface area contributed by atoms with Gasteiger partial charge >= 0.3 is 0 Å². The molecule has 1 heterocycles. The van der Waals surface area contributed by atoms with E-state index in [1.807, 2.05) is 85.9 Å². The Kier molecular flexibility index (Phi) is 13.7. The minimum absolute atomic E-state index is 0.0351. The zero-order chi connectivity index (χ0) is 32.4. The van der Waals surface area contributed by atoms with Gasteiger partial charge in [0.2, 0.25) is 23.6 Å². The molecule has 0 aliphatic heterocycles. The lowest BCUT2D eigenvalue weighted by molar-refractivity contribution is -0.144. The summed E-state index contributed by atoms with van der Waals surface area (Å²) in [5, 5.41) is 12.9. The fourth-order valence-electron chi connectivity index (χ4n) is 5.54. The summed E-state index contributed by atoms with van der Waals surface area (Å²) in [6, 6.07) is 5.20. The van der Waals surface area contributed by atoms with Crippen molar-refractivity contribution in [2.75, 3.05) is 20.6 Å². The van der Waals surface area contributed by atoms with Crippen LogP contribution < -0.4 is 21.3 Å². The molecular weight excluding hydrogens is 544 g/mol. The number of benzene rings is 1. The number of carbonyl (C=O) groups excluding carboxylic acids is 4. The maximum atomic E-state index is 13.8. The smallest absolute Gasteiger partial charge is 0.245 e. The van der Waals surface area contributed by atoms with Crippen molar-refractivity contribution in [2.24, 2.45) is 23.7 Å². The van der Waals surface area contributed by atoms with Crippen LogP contribution in [0.4, 0.5) is 0 Å². The maximum absolute atomic E-state index is 13.8. The first-order chi connectivity index (χ1) is 20.2. The Morgan fingerprint density at radius 1 is 0.814 bits per heavy atom. The van der Waals surface area contributed by atoms with Gasteiger partial charge in [0.05, 0.1) is 6.04 Å². The van der Waals surface area contributed by atoms with Gasteiger partial charge in [0.25, 0.3) is 0 Å². The first-order valence-electron chi connectivity index (χ1n) is 15.6. The van der Waals surface area contributed by atoms with Gasteiger partial charge in [-0.1, -0.05) is 73.6 Å². The lowest BCUT2D eigenvalue weighted by Crippen LogP contribution is -2.60. The third kappa shape index (κ3) is 9.81. The van der Waals surface area contributed by atoms with E-state index < -0.39 is 30.1 Å². The van der Waals surface area contributed by atoms with Gasteiger partial charge in [0.15, 0.2) is 0 Å². The minimum Gasteiger partial charge on any atom is -0.361 e. The molecule has 1 aromatic carbocycles. The van der Waals surface area contributed by atoms with E-state index in [1.165, 1.54) is 4.90 Å². The second kappa shape index (κ2) is 16.4. The van der Waals surface area contributed by atoms with Crippen molar-refractivity contribution in [3.8, 4) is 0 Å². The van der Waals surface area contributed by atoms with Gasteiger partial charge in [0.1, 0.15) is 18.1 Å². The molecule has 0 saturated carbocycles. The van der Waals surface area contributed by atoms with E-state index >= 15 is 0 Å². The average molecular weight is 599 g/mol. The van der Waals surface area contributed by atoms with Crippen LogP contribution in [0.25, 0.3) is 10.9 Å². The van der Waals surface area contributed by atoms with Gasteiger partial charge in [0, 0.05) is 30.7 Å². The summed E-state index contributed by atoms with van der Waals surface area (Å²) < 4.78 is 0. The number of rotatable bonds is 16. The van der Waals surface area contributed by atoms with Gasteiger partial charge in [-0.05, 0) is 55.2 Å². The molecule has 0 bridgehead atoms. The number of likely N-dealkylation sites (N-methyl/N-ethyl adjacent to an activating group) is 2. The van der Waals surface area contributed by atoms with E-state index in [2.05, 4.69) is 26.3 Å². The molecule has 0 aliphatic rings. The van der Waals surface area contributed by atoms with Gasteiger partial charge in [-0.3, -0.25) is 19.2 Å². The van der Waals surface area contributed by atoms with E-state index in [1.54, 1.807) is 14.1 Å². The molecule has 0 saturated heterocycles. The molecule has 2 aromatic rings. The largest absolute Gasteiger partial charge is 0.361 e. The number of aromatic nitrogens is 1. The number of fused-ring (bicyclic) bond motifs is 1. The van der Waals surface area contributed by atoms with E-state index in [0.717, 1.165) is 16.5 Å². The van der Waals surface area contributed by atoms with Crippen LogP contribution in [-0.2, 0) is 25.6 Å². The molecule has 0 radical (unpaired) electrons. The monoisotopic (exact) mass is 598 g/mol. The third-order valence-corrected chi connectivity index (χ3v) is 7.86. The highest BCUT2D eigenvalue weighted by Crippen LogP contribution is 2.19. The zero-order valence-corrected chi connectivity index (χ0v) is 27.7. The molecule has 0 fully saturated rings. The summed E-state index contributed by atoms with van der Waals surface area (Å²) in [5.74, 6) is -1.49. The van der Waals surface area contributed by atoms with Crippen LogP contribution in [0.3, 0.4) is 0 Å². The lowest BCUT2D eigenvalue weighted by atomic mass is 9.96. The van der Waals surface area contributed by atoms with Crippen LogP contribution in [0.15, 0.2) is 30.5 Å². The molecule has 10 heteroatoms. The molecule has 4 atom stereocenters. The Hall–Kier alpha value is -3.40. The summed E-state index contributed by atoms with van der Waals surface area (Å²) >= 11 is 0. The normalized spacial score (nSPS) is 14.6. The summed E-state index contributed by atoms with van der Waals surface area (Å²) in [6.07, 6.45) is 3.03. The van der Waals surface area contributed by atoms with Crippen LogP contribution in [0.1, 0.15) is 67.4 Å². The standard InChI is InChI=1S/C33H54N6O4/c1-19(2)17-26(37-31(41)27(34-9)20(3)4)30(40)38-28(21(5)6)33(43)39(10)29(22(7)8)32(42)35-16-15-23-18-36-25-14-12-11-13-24(23)25/h11-14,18-22,26-29,34,36H,15-17H2,1-10H3,(H,35,42)(H,37,41)(H,38,40)/t26-,27-,28-,29-/m1/s1. The van der Waals surface area contributed by atoms with E-state index in [9.17, 15) is 19.2 Å². The molecule has 1 aromatic heterocycles. The topological polar surface area (TPSA) is 135 Å². The molecular formula is C33H54N6O4. The number of nitrogens with one attached hydrogen (secondary N) is 5. The zero-order valence-electron chi connectivity index (χ0n) is 27.7. The molecule has 0 unspecified atom stereocenters. The van der Waals surface area contributed by atoms with Gasteiger partial charge in [-0.25, -0.2) is 0 Å². The van der Waals surface area contributed by atoms with E-state index in [4.69, 9.17) is 0 Å². The van der Waals surface area contributed by atoms with Crippen LogP contribution in [0.5, 0.6) is 0 Å². The molecule has 0 spiro atoms. The predicted octanol–water partition coefficient (Wildman–Crippen LogP) is 3.23. The Morgan fingerprint density at radius 3 is 2.00 bits per heavy atom. The Labute approximate surface area is 257 Å². The quantitative estimate of drug-likeness (QED) is 0.202. The van der Waals surface area contributed by atoms with Gasteiger partial charge < -0.3 is 31.2 Å². The molecule has 240 valence electrons. The third-order valence-electron chi connectivity index (χ3n) is 7.86. The number of carbonyl (C=O) groups is 4. The first-order valence-corrected chi connectivity index (χ1v) is 15.6. The minimum atomic E-state index is -0.866. The number of amides is 4. The van der Waals surface area contributed by atoms with Crippen molar-refractivity contribution >= 4 is 34.5 Å². The Bertz CT molecular complexity index is 1220. The molecule has 4 amide bonds. The Morgan fingerprint density at radius 2 is 1.44 bits per heavy atom. The second-order valence-corrected chi connectivity index (χ2v) is 13.0. The second-order valence-electron chi connectivity index (χ2n) is 13.0. The van der Waals surface area contributed by atoms with Gasteiger partial charge in [-0.2, -0.15) is 0 Å². The van der Waals surface area contributed by atoms with Crippen molar-refractivity contribution in [1.82, 2.24) is 31.2 Å². The lowest BCUT2D eigenvalue weighted by Gasteiger charge is -2.35. The van der Waals surface area contributed by atoms with Crippen molar-refractivity contribution < 1.29 is 19.2 Å². The number of aromatic amines is 1. The number of hydrogen-bond donors (Lipinski definition) is 5. The van der Waals surface area contributed by atoms with Crippen molar-refractivity contribution in [2.45, 2.75) is 92.4 Å². The summed E-state index contributed by atoms with van der Waals surface area (Å²) in [6.45, 7) is 15.8. The highest BCUT2D eigenvalue weighted by atomic mass is 16.2. The van der Waals surface area contributed by atoms with Gasteiger partial charge in [-0.15, -0.1) is 0 Å². The average Bonchev–Trinajstić information content (AvgIpc) is 3.33. The number of para-hydroxylation sites is 1. The van der Waals surface area contributed by atoms with E-state index in [-0.39, 0.29) is 41.4 Å². The van der Waals surface area contributed by atoms with Crippen LogP contribution in [-0.4, -0.2) is 78.3 Å². The number of nitrogens with zero attached hydrogens (tertiary/aromatic N) is 1. The van der Waals surface area contributed by atoms with Crippen LogP contribution in [0, 0.1) is 23.7 Å². The predicted molar refractivity (Wildman–Crippen MR) is 172 cm³/mol. The van der Waals surface area contributed by atoms with Crippen LogP contribution >= 0.6 is 0 Å². The summed E-state index contributed by atoms with van der Waals surface area (Å²) in [7, 11) is 3.33. The number of hydrogen-bond acceptors (Lipinski definition) is 5. The summed E-state index contributed by atoms with van der Waals surface area (Å²) in [4.78, 5) is 58.4. The van der Waals surface area contributed by atoms with Crippen molar-refractivity contribution in [3.63, 3.8) is 0 Å². The molecule has 0 aliphatic carbocycles. The Balaban J connectivity index is 2.13. The highest BCUT2D eigenvalue weighted by Gasteiger charge is 2.37. The van der Waals surface area contributed by atoms with Crippen molar-refractivity contribution in [3.05, 3.63) is 36.0 Å². The van der Waals surface area contributed by atoms with E-state index in [0.29, 0.717) is 19.4 Å². The summed E-state index contributed by atoms with van der Waals surface area (Å²) in [5.41, 5.74) is 2.16. The number of H-pyrrole nitrogens is 1. The van der Waals surface area contributed by atoms with Crippen molar-refractivity contribution in [1.29, 1.82) is 0 Å². The SMILES string of the molecule is CN[C@@H](C(=O)N[C@H](CC(C)C)C(=O)N[C@@H](C(=O)N(C)[C@@H](C(=O)NCCc1c[nH]c2ccccc12)C(C)C)C(C)C)C(C)C. The molecule has 2 rings (SSSR count). The highest BCUT2D eigenvalue weighted by molar-refractivity contribution is 5.95. The molecule has 43 heavy (non-hydrogen) atoms. The van der Waals surface area contributed by atoms with Crippen LogP contribution in [0.2, 0.25) is 0 Å². The fraction of sp³-hybridized carbons (Fsp3) is 0.636. The molecule has 5 N–H and O–H groups in total. The first kappa shape index (κ1) is 35.8. The fourth-order valence-corrected chi connectivity index (χ4v) is 5.54. The molecule has 10 nitrogen and oxygen atoms in total.